The Morgan fingerprint density at radius 3 is 2.23 bits per heavy atom. The van der Waals surface area contributed by atoms with Crippen molar-refractivity contribution < 1.29 is 38.2 Å². The van der Waals surface area contributed by atoms with Crippen LogP contribution >= 0.6 is 0 Å². The van der Waals surface area contributed by atoms with Crippen molar-refractivity contribution in [3.63, 3.8) is 0 Å². The van der Waals surface area contributed by atoms with Crippen LogP contribution in [-0.4, -0.2) is 47.3 Å². The fourth-order valence-corrected chi connectivity index (χ4v) is 5.08. The van der Waals surface area contributed by atoms with Gasteiger partial charge in [-0.05, 0) is 38.7 Å². The van der Waals surface area contributed by atoms with Crippen molar-refractivity contribution in [1.82, 2.24) is 0 Å². The normalized spacial score (nSPS) is 35.4. The Morgan fingerprint density at radius 2 is 1.69 bits per heavy atom. The summed E-state index contributed by atoms with van der Waals surface area (Å²) in [5.74, 6) is -3.72. The van der Waals surface area contributed by atoms with E-state index in [9.17, 15) is 24.0 Å². The Kier molecular flexibility index (Phi) is 8.84. The van der Waals surface area contributed by atoms with Crippen molar-refractivity contribution in [3.05, 3.63) is 23.8 Å². The first-order chi connectivity index (χ1) is 16.1. The number of fused-ring (bicyclic) bond motifs is 1. The number of carbonyl (C=O) groups is 5. The van der Waals surface area contributed by atoms with Gasteiger partial charge in [0.25, 0.3) is 0 Å². The lowest BCUT2D eigenvalue weighted by Crippen LogP contribution is -2.55. The second kappa shape index (κ2) is 10.9. The first-order valence-corrected chi connectivity index (χ1v) is 12.1. The van der Waals surface area contributed by atoms with E-state index >= 15 is 0 Å². The molecule has 2 aliphatic carbocycles. The van der Waals surface area contributed by atoms with E-state index in [2.05, 4.69) is 0 Å². The van der Waals surface area contributed by atoms with Crippen LogP contribution in [0.1, 0.15) is 74.7 Å². The maximum absolute atomic E-state index is 13.0. The summed E-state index contributed by atoms with van der Waals surface area (Å²) in [7, 11) is 0. The number of allylic oxidation sites excluding steroid dienone is 2. The van der Waals surface area contributed by atoms with E-state index in [1.807, 2.05) is 13.8 Å². The third-order valence-electron chi connectivity index (χ3n) is 6.99. The lowest BCUT2D eigenvalue weighted by Gasteiger charge is -2.42. The minimum Gasteiger partial charge on any atom is -0.461 e. The number of ketones is 2. The molecule has 1 saturated carbocycles. The van der Waals surface area contributed by atoms with E-state index < -0.39 is 53.0 Å². The number of ether oxygens (including phenoxy) is 3. The Hall–Kier alpha value is -2.77. The predicted octanol–water partition coefficient (Wildman–Crippen LogP) is 3.90. The van der Waals surface area contributed by atoms with E-state index in [0.29, 0.717) is 5.57 Å². The monoisotopic (exact) mass is 490 g/mol. The summed E-state index contributed by atoms with van der Waals surface area (Å²) >= 11 is 0. The van der Waals surface area contributed by atoms with E-state index in [4.69, 9.17) is 14.2 Å². The molecule has 0 spiro atoms. The molecule has 8 heteroatoms. The van der Waals surface area contributed by atoms with Gasteiger partial charge in [0.2, 0.25) is 0 Å². The highest BCUT2D eigenvalue weighted by Crippen LogP contribution is 2.50. The summed E-state index contributed by atoms with van der Waals surface area (Å²) in [6, 6.07) is 0. The van der Waals surface area contributed by atoms with Crippen LogP contribution in [0.25, 0.3) is 0 Å². The van der Waals surface area contributed by atoms with Crippen molar-refractivity contribution in [1.29, 1.82) is 0 Å². The van der Waals surface area contributed by atoms with E-state index in [1.54, 1.807) is 45.9 Å². The van der Waals surface area contributed by atoms with E-state index in [1.165, 1.54) is 13.8 Å². The number of carbonyl (C=O) groups excluding carboxylic acids is 5. The first kappa shape index (κ1) is 28.5. The molecule has 2 aliphatic rings. The Balaban J connectivity index is 2.84. The fraction of sp³-hybridized carbons (Fsp3) is 0.667. The number of Topliss-reactive ketones (excluding diaryl/α,β-unsaturated/α-hetero) is 2. The minimum atomic E-state index is -1.39. The molecule has 35 heavy (non-hydrogen) atoms. The molecule has 194 valence electrons. The molecule has 0 bridgehead atoms. The quantitative estimate of drug-likeness (QED) is 0.252. The first-order valence-electron chi connectivity index (χ1n) is 12.1. The zero-order valence-electron chi connectivity index (χ0n) is 22.0. The number of rotatable bonds is 4. The molecule has 0 aromatic heterocycles. The van der Waals surface area contributed by atoms with Crippen LogP contribution in [0.3, 0.4) is 0 Å². The molecule has 0 N–H and O–H groups in total. The second-order valence-corrected chi connectivity index (χ2v) is 10.4. The van der Waals surface area contributed by atoms with Crippen LogP contribution in [0.4, 0.5) is 0 Å². The summed E-state index contributed by atoms with van der Waals surface area (Å²) in [6.45, 7) is 12.9. The average molecular weight is 491 g/mol. The van der Waals surface area contributed by atoms with Crippen molar-refractivity contribution in [2.45, 2.75) is 92.5 Å². The second-order valence-electron chi connectivity index (χ2n) is 10.4. The third kappa shape index (κ3) is 6.27. The van der Waals surface area contributed by atoms with Gasteiger partial charge in [0, 0.05) is 31.6 Å². The van der Waals surface area contributed by atoms with Gasteiger partial charge >= 0.3 is 17.9 Å². The van der Waals surface area contributed by atoms with Crippen LogP contribution in [0.2, 0.25) is 0 Å². The molecule has 0 aromatic rings. The van der Waals surface area contributed by atoms with Gasteiger partial charge in [-0.3, -0.25) is 24.0 Å². The van der Waals surface area contributed by atoms with Crippen molar-refractivity contribution in [2.75, 3.05) is 0 Å². The largest absolute Gasteiger partial charge is 0.461 e. The molecular weight excluding hydrogens is 452 g/mol. The van der Waals surface area contributed by atoms with Gasteiger partial charge in [0.15, 0.2) is 11.4 Å². The van der Waals surface area contributed by atoms with Crippen LogP contribution in [0, 0.1) is 23.2 Å². The molecule has 0 unspecified atom stereocenters. The van der Waals surface area contributed by atoms with Crippen molar-refractivity contribution in [3.8, 4) is 0 Å². The van der Waals surface area contributed by atoms with E-state index in [0.717, 1.165) is 0 Å². The minimum absolute atomic E-state index is 0.147. The van der Waals surface area contributed by atoms with Crippen molar-refractivity contribution >= 4 is 29.5 Å². The number of hydrogen-bond donors (Lipinski definition) is 0. The molecule has 0 radical (unpaired) electrons. The van der Waals surface area contributed by atoms with Crippen LogP contribution < -0.4 is 0 Å². The number of esters is 3. The molecule has 2 rings (SSSR count). The van der Waals surface area contributed by atoms with Gasteiger partial charge < -0.3 is 14.2 Å². The SMILES string of the molecule is CCC(=O)O[C@H]1[C@H](C)C[C@]2(OC(C)=O)[C@H](OC(C)=O)[C@@H](C)/C=C/C(C)(C)C(=O)CC(=O)/C(C)=C/[C@@H]12. The highest BCUT2D eigenvalue weighted by atomic mass is 16.6. The highest BCUT2D eigenvalue weighted by Gasteiger charge is 2.61. The molecule has 0 amide bonds. The smallest absolute Gasteiger partial charge is 0.305 e. The maximum atomic E-state index is 13.0. The van der Waals surface area contributed by atoms with Gasteiger partial charge in [0.05, 0.1) is 12.3 Å². The topological polar surface area (TPSA) is 113 Å². The third-order valence-corrected chi connectivity index (χ3v) is 6.99. The Labute approximate surface area is 207 Å². The molecule has 0 heterocycles. The lowest BCUT2D eigenvalue weighted by atomic mass is 9.75. The summed E-state index contributed by atoms with van der Waals surface area (Å²) in [5.41, 5.74) is -2.03. The standard InChI is InChI=1S/C27H38O8/c1-9-23(32)34-24-17(4)14-27(35-19(6)29)20(24)12-16(3)21(30)13-22(31)26(7,8)11-10-15(2)25(27)33-18(5)28/h10-12,15,17,20,24-25H,9,13-14H2,1-8H3/b11-10+,16-12+/t15-,17+,20-,24-,25+,27+/m0/s1. The maximum Gasteiger partial charge on any atom is 0.305 e. The molecule has 0 saturated heterocycles. The summed E-state index contributed by atoms with van der Waals surface area (Å²) < 4.78 is 17.6. The summed E-state index contributed by atoms with van der Waals surface area (Å²) in [5, 5.41) is 0. The molecule has 0 aromatic carbocycles. The van der Waals surface area contributed by atoms with Crippen LogP contribution in [0.5, 0.6) is 0 Å². The fourth-order valence-electron chi connectivity index (χ4n) is 5.08. The van der Waals surface area contributed by atoms with Crippen molar-refractivity contribution in [2.24, 2.45) is 23.2 Å². The van der Waals surface area contributed by atoms with Gasteiger partial charge in [0.1, 0.15) is 18.0 Å². The number of hydrogen-bond acceptors (Lipinski definition) is 8. The molecule has 1 fully saturated rings. The summed E-state index contributed by atoms with van der Waals surface area (Å²) in [4.78, 5) is 62.9. The lowest BCUT2D eigenvalue weighted by molar-refractivity contribution is -0.196. The Morgan fingerprint density at radius 1 is 1.06 bits per heavy atom. The molecule has 6 atom stereocenters. The van der Waals surface area contributed by atoms with Crippen LogP contribution in [0.15, 0.2) is 23.8 Å². The van der Waals surface area contributed by atoms with E-state index in [-0.39, 0.29) is 36.7 Å². The van der Waals surface area contributed by atoms with Gasteiger partial charge in [-0.1, -0.05) is 39.0 Å². The molecule has 8 nitrogen and oxygen atoms in total. The highest BCUT2D eigenvalue weighted by molar-refractivity contribution is 6.09. The van der Waals surface area contributed by atoms with Gasteiger partial charge in [-0.2, -0.15) is 0 Å². The Bertz CT molecular complexity index is 943. The van der Waals surface area contributed by atoms with Crippen LogP contribution in [-0.2, 0) is 38.2 Å². The predicted molar refractivity (Wildman–Crippen MR) is 128 cm³/mol. The summed E-state index contributed by atoms with van der Waals surface area (Å²) in [6.07, 6.45) is 3.50. The average Bonchev–Trinajstić information content (AvgIpc) is 2.99. The van der Waals surface area contributed by atoms with Gasteiger partial charge in [-0.15, -0.1) is 0 Å². The molecular formula is C27H38O8. The van der Waals surface area contributed by atoms with Gasteiger partial charge in [-0.25, -0.2) is 0 Å². The zero-order valence-corrected chi connectivity index (χ0v) is 22.0. The molecule has 0 aliphatic heterocycles. The zero-order chi connectivity index (χ0) is 26.7.